The van der Waals surface area contributed by atoms with E-state index in [1.165, 1.54) is 29.3 Å². The standard InChI is InChI=1S/C14H13BrFNS/c15-11-5-4-9(16)8-13(11)17-12-2-1-3-14-10(12)6-7-18-14/h4-8,12,17H,1-3H2. The molecule has 0 radical (unpaired) electrons. The summed E-state index contributed by atoms with van der Waals surface area (Å²) in [4.78, 5) is 1.46. The summed E-state index contributed by atoms with van der Waals surface area (Å²) in [6.07, 6.45) is 3.47. The lowest BCUT2D eigenvalue weighted by atomic mass is 9.94. The molecule has 1 aliphatic carbocycles. The largest absolute Gasteiger partial charge is 0.377 e. The van der Waals surface area contributed by atoms with Crippen molar-refractivity contribution in [1.29, 1.82) is 0 Å². The third-order valence-corrected chi connectivity index (χ3v) is 5.00. The lowest BCUT2D eigenvalue weighted by Gasteiger charge is -2.25. The zero-order chi connectivity index (χ0) is 12.5. The van der Waals surface area contributed by atoms with E-state index in [9.17, 15) is 4.39 Å². The molecule has 2 aromatic rings. The Balaban J connectivity index is 1.88. The van der Waals surface area contributed by atoms with Crippen LogP contribution < -0.4 is 5.32 Å². The minimum Gasteiger partial charge on any atom is -0.377 e. The summed E-state index contributed by atoms with van der Waals surface area (Å²) in [5.74, 6) is -0.206. The zero-order valence-corrected chi connectivity index (χ0v) is 12.2. The molecule has 1 aliphatic rings. The number of aryl methyl sites for hydroxylation is 1. The van der Waals surface area contributed by atoms with Crippen molar-refractivity contribution in [2.45, 2.75) is 25.3 Å². The molecule has 1 aromatic carbocycles. The van der Waals surface area contributed by atoms with Crippen molar-refractivity contribution in [1.82, 2.24) is 0 Å². The Morgan fingerprint density at radius 2 is 2.22 bits per heavy atom. The summed E-state index contributed by atoms with van der Waals surface area (Å²) in [5, 5.41) is 5.60. The molecule has 1 aromatic heterocycles. The first kappa shape index (κ1) is 12.2. The number of rotatable bonds is 2. The van der Waals surface area contributed by atoms with Gasteiger partial charge in [-0.2, -0.15) is 0 Å². The molecule has 1 N–H and O–H groups in total. The van der Waals surface area contributed by atoms with Crippen molar-refractivity contribution in [3.05, 3.63) is 50.4 Å². The van der Waals surface area contributed by atoms with Crippen LogP contribution in [0.5, 0.6) is 0 Å². The molecule has 18 heavy (non-hydrogen) atoms. The Labute approximate surface area is 118 Å². The number of halogens is 2. The Hall–Kier alpha value is -0.870. The molecule has 1 unspecified atom stereocenters. The highest BCUT2D eigenvalue weighted by Gasteiger charge is 2.21. The lowest BCUT2D eigenvalue weighted by molar-refractivity contribution is 0.605. The Morgan fingerprint density at radius 1 is 1.33 bits per heavy atom. The summed E-state index contributed by atoms with van der Waals surface area (Å²) >= 11 is 5.28. The van der Waals surface area contributed by atoms with Gasteiger partial charge in [-0.05, 0) is 70.4 Å². The predicted octanol–water partition coefficient (Wildman–Crippen LogP) is 5.14. The van der Waals surface area contributed by atoms with Gasteiger partial charge in [-0.1, -0.05) is 0 Å². The second-order valence-corrected chi connectivity index (χ2v) is 6.37. The van der Waals surface area contributed by atoms with Crippen LogP contribution in [0.3, 0.4) is 0 Å². The van der Waals surface area contributed by atoms with Gasteiger partial charge in [0, 0.05) is 9.35 Å². The molecule has 1 nitrogen and oxygen atoms in total. The highest BCUT2D eigenvalue weighted by molar-refractivity contribution is 9.10. The minimum absolute atomic E-state index is 0.206. The Kier molecular flexibility index (Phi) is 3.39. The first-order valence-electron chi connectivity index (χ1n) is 6.02. The zero-order valence-electron chi connectivity index (χ0n) is 9.75. The topological polar surface area (TPSA) is 12.0 Å². The van der Waals surface area contributed by atoms with Gasteiger partial charge in [0.05, 0.1) is 11.7 Å². The van der Waals surface area contributed by atoms with Gasteiger partial charge < -0.3 is 5.32 Å². The van der Waals surface area contributed by atoms with Crippen molar-refractivity contribution in [2.24, 2.45) is 0 Å². The first-order valence-corrected chi connectivity index (χ1v) is 7.69. The van der Waals surface area contributed by atoms with E-state index in [1.54, 1.807) is 12.1 Å². The molecular weight excluding hydrogens is 313 g/mol. The van der Waals surface area contributed by atoms with Crippen molar-refractivity contribution in [3.63, 3.8) is 0 Å². The molecule has 0 saturated heterocycles. The van der Waals surface area contributed by atoms with E-state index in [1.807, 2.05) is 11.3 Å². The van der Waals surface area contributed by atoms with E-state index in [4.69, 9.17) is 0 Å². The second-order valence-electron chi connectivity index (χ2n) is 4.51. The van der Waals surface area contributed by atoms with Gasteiger partial charge in [0.1, 0.15) is 5.82 Å². The molecule has 3 rings (SSSR count). The van der Waals surface area contributed by atoms with Gasteiger partial charge in [0.15, 0.2) is 0 Å². The molecule has 0 saturated carbocycles. The molecule has 0 spiro atoms. The maximum absolute atomic E-state index is 13.3. The van der Waals surface area contributed by atoms with Crippen LogP contribution in [0.2, 0.25) is 0 Å². The third kappa shape index (κ3) is 2.31. The number of hydrogen-bond donors (Lipinski definition) is 1. The Bertz CT molecular complexity index is 567. The van der Waals surface area contributed by atoms with E-state index in [0.717, 1.165) is 16.6 Å². The van der Waals surface area contributed by atoms with Crippen LogP contribution in [0.15, 0.2) is 34.1 Å². The summed E-state index contributed by atoms with van der Waals surface area (Å²) in [7, 11) is 0. The molecule has 0 bridgehead atoms. The average Bonchev–Trinajstić information content (AvgIpc) is 2.83. The van der Waals surface area contributed by atoms with Crippen LogP contribution in [0, 0.1) is 5.82 Å². The number of thiophene rings is 1. The summed E-state index contributed by atoms with van der Waals surface area (Å²) in [6.45, 7) is 0. The minimum atomic E-state index is -0.206. The normalized spacial score (nSPS) is 18.4. The fourth-order valence-corrected chi connectivity index (χ4v) is 3.78. The monoisotopic (exact) mass is 325 g/mol. The van der Waals surface area contributed by atoms with Crippen molar-refractivity contribution >= 4 is 33.0 Å². The summed E-state index contributed by atoms with van der Waals surface area (Å²) < 4.78 is 14.2. The number of fused-ring (bicyclic) bond motifs is 1. The third-order valence-electron chi connectivity index (χ3n) is 3.31. The van der Waals surface area contributed by atoms with Crippen molar-refractivity contribution in [2.75, 3.05) is 5.32 Å². The molecule has 4 heteroatoms. The quantitative estimate of drug-likeness (QED) is 0.806. The van der Waals surface area contributed by atoms with Crippen LogP contribution >= 0.6 is 27.3 Å². The van der Waals surface area contributed by atoms with Gasteiger partial charge >= 0.3 is 0 Å². The molecule has 0 aliphatic heterocycles. The van der Waals surface area contributed by atoms with Crippen LogP contribution in [0.25, 0.3) is 0 Å². The Morgan fingerprint density at radius 3 is 3.11 bits per heavy atom. The predicted molar refractivity (Wildman–Crippen MR) is 77.7 cm³/mol. The van der Waals surface area contributed by atoms with Crippen molar-refractivity contribution in [3.8, 4) is 0 Å². The van der Waals surface area contributed by atoms with E-state index < -0.39 is 0 Å². The molecule has 0 fully saturated rings. The SMILES string of the molecule is Fc1ccc(Br)c(NC2CCCc3sccc32)c1. The van der Waals surface area contributed by atoms with E-state index in [-0.39, 0.29) is 5.82 Å². The molecule has 1 heterocycles. The van der Waals surface area contributed by atoms with Crippen LogP contribution in [-0.2, 0) is 6.42 Å². The maximum atomic E-state index is 13.3. The number of benzene rings is 1. The smallest absolute Gasteiger partial charge is 0.125 e. The second kappa shape index (κ2) is 5.02. The van der Waals surface area contributed by atoms with Gasteiger partial charge in [-0.25, -0.2) is 4.39 Å². The van der Waals surface area contributed by atoms with Gasteiger partial charge in [0.2, 0.25) is 0 Å². The lowest BCUT2D eigenvalue weighted by Crippen LogP contribution is -2.15. The van der Waals surface area contributed by atoms with Crippen LogP contribution in [0.4, 0.5) is 10.1 Å². The fraction of sp³-hybridized carbons (Fsp3) is 0.286. The molecular formula is C14H13BrFNS. The fourth-order valence-electron chi connectivity index (χ4n) is 2.43. The van der Waals surface area contributed by atoms with E-state index >= 15 is 0 Å². The van der Waals surface area contributed by atoms with Gasteiger partial charge in [-0.3, -0.25) is 0 Å². The van der Waals surface area contributed by atoms with Crippen LogP contribution in [-0.4, -0.2) is 0 Å². The first-order chi connectivity index (χ1) is 8.74. The van der Waals surface area contributed by atoms with Gasteiger partial charge in [-0.15, -0.1) is 11.3 Å². The van der Waals surface area contributed by atoms with Gasteiger partial charge in [0.25, 0.3) is 0 Å². The molecule has 94 valence electrons. The molecule has 1 atom stereocenters. The summed E-state index contributed by atoms with van der Waals surface area (Å²) in [5.41, 5.74) is 2.21. The average molecular weight is 326 g/mol. The maximum Gasteiger partial charge on any atom is 0.125 e. The number of nitrogens with one attached hydrogen (secondary N) is 1. The van der Waals surface area contributed by atoms with Crippen molar-refractivity contribution < 1.29 is 4.39 Å². The van der Waals surface area contributed by atoms with Crippen LogP contribution in [0.1, 0.15) is 29.3 Å². The highest BCUT2D eigenvalue weighted by Crippen LogP contribution is 2.37. The van der Waals surface area contributed by atoms with E-state index in [2.05, 4.69) is 32.7 Å². The number of hydrogen-bond acceptors (Lipinski definition) is 2. The van der Waals surface area contributed by atoms with E-state index in [0.29, 0.717) is 6.04 Å². The number of anilines is 1. The summed E-state index contributed by atoms with van der Waals surface area (Å²) in [6, 6.07) is 7.24. The molecule has 0 amide bonds. The highest BCUT2D eigenvalue weighted by atomic mass is 79.9.